The van der Waals surface area contributed by atoms with Crippen molar-refractivity contribution in [2.75, 3.05) is 13.1 Å². The number of carboxylic acid groups (broad SMARTS) is 1. The van der Waals surface area contributed by atoms with Gasteiger partial charge in [0.25, 0.3) is 5.91 Å². The number of piperidine rings is 1. The van der Waals surface area contributed by atoms with Gasteiger partial charge in [0.15, 0.2) is 5.76 Å². The van der Waals surface area contributed by atoms with Gasteiger partial charge in [-0.25, -0.2) is 0 Å². The summed E-state index contributed by atoms with van der Waals surface area (Å²) < 4.78 is 5.36. The fraction of sp³-hybridized carbons (Fsp3) is 0.333. The summed E-state index contributed by atoms with van der Waals surface area (Å²) in [6, 6.07) is 12.5. The monoisotopic (exact) mass is 312 g/mol. The Bertz CT molecular complexity index is 712. The van der Waals surface area contributed by atoms with Crippen LogP contribution in [0.15, 0.2) is 46.9 Å². The van der Waals surface area contributed by atoms with Crippen LogP contribution < -0.4 is 5.11 Å². The molecule has 1 fully saturated rings. The highest BCUT2D eigenvalue weighted by Crippen LogP contribution is 2.35. The molecular weight excluding hydrogens is 294 g/mol. The van der Waals surface area contributed by atoms with Crippen LogP contribution in [-0.2, 0) is 10.2 Å². The number of hydrogen-bond acceptors (Lipinski definition) is 4. The first kappa shape index (κ1) is 15.3. The third-order valence-electron chi connectivity index (χ3n) is 4.57. The van der Waals surface area contributed by atoms with Crippen molar-refractivity contribution in [1.82, 2.24) is 4.90 Å². The molecule has 0 bridgehead atoms. The molecule has 23 heavy (non-hydrogen) atoms. The van der Waals surface area contributed by atoms with Crippen LogP contribution >= 0.6 is 0 Å². The molecule has 1 amide bonds. The quantitative estimate of drug-likeness (QED) is 0.861. The van der Waals surface area contributed by atoms with E-state index in [4.69, 9.17) is 4.42 Å². The van der Waals surface area contributed by atoms with Crippen LogP contribution in [0.4, 0.5) is 0 Å². The van der Waals surface area contributed by atoms with Gasteiger partial charge < -0.3 is 19.2 Å². The lowest BCUT2D eigenvalue weighted by atomic mass is 9.73. The van der Waals surface area contributed by atoms with Gasteiger partial charge in [0.05, 0.1) is 5.97 Å². The van der Waals surface area contributed by atoms with Crippen LogP contribution in [0.1, 0.15) is 34.7 Å². The van der Waals surface area contributed by atoms with Crippen molar-refractivity contribution in [3.63, 3.8) is 0 Å². The predicted molar refractivity (Wildman–Crippen MR) is 81.7 cm³/mol. The standard InChI is InChI=1S/C18H19NO4/c1-13-7-8-15(23-13)16(20)19-11-9-18(10-12-19,17(21)22)14-5-3-2-4-6-14/h2-8H,9-12H2,1H3,(H,21,22)/p-1. The number of benzene rings is 1. The number of carbonyl (C=O) groups excluding carboxylic acids is 2. The normalized spacial score (nSPS) is 17.0. The number of nitrogens with zero attached hydrogens (tertiary/aromatic N) is 1. The summed E-state index contributed by atoms with van der Waals surface area (Å²) in [5, 5.41) is 11.8. The van der Waals surface area contributed by atoms with Crippen molar-refractivity contribution in [1.29, 1.82) is 0 Å². The minimum absolute atomic E-state index is 0.196. The molecule has 1 saturated heterocycles. The number of aryl methyl sites for hydroxylation is 1. The highest BCUT2D eigenvalue weighted by atomic mass is 16.4. The lowest BCUT2D eigenvalue weighted by Gasteiger charge is -2.42. The molecule has 1 aromatic heterocycles. The van der Waals surface area contributed by atoms with Crippen molar-refractivity contribution < 1.29 is 19.1 Å². The highest BCUT2D eigenvalue weighted by molar-refractivity contribution is 5.92. The molecule has 5 nitrogen and oxygen atoms in total. The van der Waals surface area contributed by atoms with Crippen molar-refractivity contribution in [3.05, 3.63) is 59.5 Å². The van der Waals surface area contributed by atoms with Gasteiger partial charge in [0.1, 0.15) is 5.76 Å². The molecule has 0 N–H and O–H groups in total. The summed E-state index contributed by atoms with van der Waals surface area (Å²) in [5.74, 6) is -0.301. The smallest absolute Gasteiger partial charge is 0.289 e. The zero-order chi connectivity index (χ0) is 16.4. The summed E-state index contributed by atoms with van der Waals surface area (Å²) in [4.78, 5) is 25.8. The molecule has 0 atom stereocenters. The lowest BCUT2D eigenvalue weighted by molar-refractivity contribution is -0.315. The molecule has 3 rings (SSSR count). The maximum Gasteiger partial charge on any atom is 0.289 e. The molecule has 5 heteroatoms. The first-order chi connectivity index (χ1) is 11.0. The van der Waals surface area contributed by atoms with Crippen LogP contribution in [0.2, 0.25) is 0 Å². The Kier molecular flexibility index (Phi) is 3.94. The van der Waals surface area contributed by atoms with E-state index in [0.29, 0.717) is 37.5 Å². The van der Waals surface area contributed by atoms with E-state index in [1.54, 1.807) is 24.0 Å². The Labute approximate surface area is 134 Å². The minimum atomic E-state index is -1.08. The van der Waals surface area contributed by atoms with E-state index in [2.05, 4.69) is 0 Å². The summed E-state index contributed by atoms with van der Waals surface area (Å²) in [7, 11) is 0. The van der Waals surface area contributed by atoms with Crippen LogP contribution in [0.3, 0.4) is 0 Å². The van der Waals surface area contributed by atoms with Crippen LogP contribution in [-0.4, -0.2) is 29.9 Å². The Morgan fingerprint density at radius 2 is 1.74 bits per heavy atom. The maximum absolute atomic E-state index is 12.4. The lowest BCUT2D eigenvalue weighted by Crippen LogP contribution is -2.53. The van der Waals surface area contributed by atoms with Gasteiger partial charge in [0.2, 0.25) is 0 Å². The number of aliphatic carboxylic acids is 1. The van der Waals surface area contributed by atoms with Gasteiger partial charge in [-0.15, -0.1) is 0 Å². The van der Waals surface area contributed by atoms with E-state index in [-0.39, 0.29) is 5.91 Å². The largest absolute Gasteiger partial charge is 0.549 e. The number of likely N-dealkylation sites (tertiary alicyclic amines) is 1. The Hall–Kier alpha value is -2.56. The topological polar surface area (TPSA) is 73.6 Å². The number of hydrogen-bond donors (Lipinski definition) is 0. The molecule has 0 saturated carbocycles. The predicted octanol–water partition coefficient (Wildman–Crippen LogP) is 1.51. The van der Waals surface area contributed by atoms with E-state index in [0.717, 1.165) is 5.56 Å². The van der Waals surface area contributed by atoms with Crippen molar-refractivity contribution in [2.45, 2.75) is 25.2 Å². The summed E-state index contributed by atoms with van der Waals surface area (Å²) in [6.45, 7) is 2.51. The molecule has 0 aliphatic carbocycles. The third-order valence-corrected chi connectivity index (χ3v) is 4.57. The number of furan rings is 1. The molecule has 1 aliphatic rings. The minimum Gasteiger partial charge on any atom is -0.549 e. The third kappa shape index (κ3) is 2.74. The fourth-order valence-corrected chi connectivity index (χ4v) is 3.16. The second-order valence-electron chi connectivity index (χ2n) is 5.94. The van der Waals surface area contributed by atoms with E-state index < -0.39 is 11.4 Å². The Balaban J connectivity index is 1.78. The van der Waals surface area contributed by atoms with Gasteiger partial charge in [-0.1, -0.05) is 30.3 Å². The van der Waals surface area contributed by atoms with Crippen LogP contribution in [0.25, 0.3) is 0 Å². The second kappa shape index (κ2) is 5.91. The summed E-state index contributed by atoms with van der Waals surface area (Å²) in [6.07, 6.45) is 0.676. The molecule has 0 radical (unpaired) electrons. The number of amides is 1. The molecule has 2 aromatic rings. The van der Waals surface area contributed by atoms with E-state index in [9.17, 15) is 14.7 Å². The molecule has 2 heterocycles. The van der Waals surface area contributed by atoms with Crippen LogP contribution in [0, 0.1) is 6.92 Å². The average molecular weight is 312 g/mol. The van der Waals surface area contributed by atoms with Crippen molar-refractivity contribution in [2.24, 2.45) is 0 Å². The number of carboxylic acids is 1. The zero-order valence-corrected chi connectivity index (χ0v) is 13.0. The summed E-state index contributed by atoms with van der Waals surface area (Å²) >= 11 is 0. The van der Waals surface area contributed by atoms with Gasteiger partial charge >= 0.3 is 0 Å². The van der Waals surface area contributed by atoms with Crippen molar-refractivity contribution in [3.8, 4) is 0 Å². The van der Waals surface area contributed by atoms with Gasteiger partial charge in [-0.3, -0.25) is 4.79 Å². The molecule has 1 aromatic carbocycles. The first-order valence-corrected chi connectivity index (χ1v) is 7.66. The molecular formula is C18H18NO4-. The Morgan fingerprint density at radius 3 is 2.26 bits per heavy atom. The molecule has 1 aliphatic heterocycles. The van der Waals surface area contributed by atoms with E-state index >= 15 is 0 Å². The second-order valence-corrected chi connectivity index (χ2v) is 5.94. The summed E-state index contributed by atoms with van der Waals surface area (Å²) in [5.41, 5.74) is -0.294. The maximum atomic E-state index is 12.4. The van der Waals surface area contributed by atoms with Gasteiger partial charge in [0, 0.05) is 18.5 Å². The van der Waals surface area contributed by atoms with E-state index in [1.807, 2.05) is 30.3 Å². The number of carbonyl (C=O) groups is 2. The van der Waals surface area contributed by atoms with Gasteiger partial charge in [-0.2, -0.15) is 0 Å². The van der Waals surface area contributed by atoms with Crippen LogP contribution in [0.5, 0.6) is 0 Å². The highest BCUT2D eigenvalue weighted by Gasteiger charge is 2.39. The number of rotatable bonds is 3. The molecule has 0 spiro atoms. The average Bonchev–Trinajstić information content (AvgIpc) is 3.01. The van der Waals surface area contributed by atoms with E-state index in [1.165, 1.54) is 0 Å². The van der Waals surface area contributed by atoms with Gasteiger partial charge in [-0.05, 0) is 37.5 Å². The Morgan fingerprint density at radius 1 is 1.09 bits per heavy atom. The zero-order valence-electron chi connectivity index (χ0n) is 13.0. The fourth-order valence-electron chi connectivity index (χ4n) is 3.16. The SMILES string of the molecule is Cc1ccc(C(=O)N2CCC(C(=O)[O-])(c3ccccc3)CC2)o1. The first-order valence-electron chi connectivity index (χ1n) is 7.66. The molecule has 120 valence electrons. The van der Waals surface area contributed by atoms with Crippen molar-refractivity contribution >= 4 is 11.9 Å². The molecule has 0 unspecified atom stereocenters.